The Hall–Kier alpha value is -1.68. The molecule has 0 saturated carbocycles. The highest BCUT2D eigenvalue weighted by Gasteiger charge is 2.50. The van der Waals surface area contributed by atoms with Crippen LogP contribution in [0.4, 0.5) is 0 Å². The third-order valence-electron chi connectivity index (χ3n) is 5.26. The van der Waals surface area contributed by atoms with Crippen molar-refractivity contribution in [2.75, 3.05) is 20.1 Å². The standard InChI is InChI=1S/C17H23N2O2/c1-19(12-5-6-13-19)16-11-7-10-15(17(16)18(20)21)14-8-3-2-4-9-14/h2-4,7-9,11,15-17H,5-6,10,12-13H2,1H3/q+1/t15-,16-,17+/m1/s1. The average molecular weight is 287 g/mol. The van der Waals surface area contributed by atoms with Gasteiger partial charge in [-0.05, 0) is 18.1 Å². The molecule has 1 aliphatic carbocycles. The number of nitrogens with zero attached hydrogens (tertiary/aromatic N) is 2. The van der Waals surface area contributed by atoms with Crippen LogP contribution < -0.4 is 0 Å². The Balaban J connectivity index is 1.96. The van der Waals surface area contributed by atoms with E-state index in [1.54, 1.807) is 0 Å². The fraction of sp³-hybridized carbons (Fsp3) is 0.529. The minimum absolute atomic E-state index is 0.00135. The maximum Gasteiger partial charge on any atom is 0.274 e. The molecular weight excluding hydrogens is 264 g/mol. The Morgan fingerprint density at radius 1 is 1.19 bits per heavy atom. The molecule has 3 atom stereocenters. The molecule has 4 nitrogen and oxygen atoms in total. The molecule has 3 rings (SSSR count). The quantitative estimate of drug-likeness (QED) is 0.371. The van der Waals surface area contributed by atoms with Crippen LogP contribution in [0.15, 0.2) is 42.5 Å². The minimum atomic E-state index is -0.513. The minimum Gasteiger partial charge on any atom is -0.315 e. The first-order valence-electron chi connectivity index (χ1n) is 7.81. The number of allylic oxidation sites excluding steroid dienone is 1. The van der Waals surface area contributed by atoms with Crippen molar-refractivity contribution in [3.05, 3.63) is 58.2 Å². The Kier molecular flexibility index (Phi) is 3.81. The highest BCUT2D eigenvalue weighted by molar-refractivity contribution is 5.25. The van der Waals surface area contributed by atoms with Gasteiger partial charge in [-0.2, -0.15) is 0 Å². The highest BCUT2D eigenvalue weighted by atomic mass is 16.6. The maximum atomic E-state index is 11.8. The normalized spacial score (nSPS) is 31.2. The van der Waals surface area contributed by atoms with Gasteiger partial charge < -0.3 is 4.48 Å². The summed E-state index contributed by atoms with van der Waals surface area (Å²) in [6, 6.07) is 9.47. The van der Waals surface area contributed by atoms with Crippen LogP contribution in [0, 0.1) is 10.1 Å². The van der Waals surface area contributed by atoms with Crippen molar-refractivity contribution < 1.29 is 9.41 Å². The molecule has 0 N–H and O–H groups in total. The summed E-state index contributed by atoms with van der Waals surface area (Å²) in [7, 11) is 2.19. The Morgan fingerprint density at radius 2 is 1.86 bits per heavy atom. The second-order valence-corrected chi connectivity index (χ2v) is 6.58. The van der Waals surface area contributed by atoms with Crippen molar-refractivity contribution in [1.82, 2.24) is 0 Å². The van der Waals surface area contributed by atoms with Crippen LogP contribution >= 0.6 is 0 Å². The Labute approximate surface area is 125 Å². The number of likely N-dealkylation sites (tertiary alicyclic amines) is 1. The van der Waals surface area contributed by atoms with Crippen LogP contribution in [0.2, 0.25) is 0 Å². The fourth-order valence-electron chi connectivity index (χ4n) is 4.09. The molecule has 0 aromatic heterocycles. The summed E-state index contributed by atoms with van der Waals surface area (Å²) in [5.74, 6) is -0.00764. The maximum absolute atomic E-state index is 11.8. The van der Waals surface area contributed by atoms with Crippen LogP contribution in [0.1, 0.15) is 30.7 Å². The Bertz CT molecular complexity index is 535. The zero-order chi connectivity index (χ0) is 14.9. The summed E-state index contributed by atoms with van der Waals surface area (Å²) in [4.78, 5) is 11.8. The summed E-state index contributed by atoms with van der Waals surface area (Å²) < 4.78 is 0.825. The third kappa shape index (κ3) is 2.60. The third-order valence-corrected chi connectivity index (χ3v) is 5.26. The number of hydrogen-bond acceptors (Lipinski definition) is 2. The van der Waals surface area contributed by atoms with Gasteiger partial charge in [0.1, 0.15) is 0 Å². The smallest absolute Gasteiger partial charge is 0.274 e. The first-order valence-corrected chi connectivity index (χ1v) is 7.81. The van der Waals surface area contributed by atoms with Crippen molar-refractivity contribution in [3.63, 3.8) is 0 Å². The summed E-state index contributed by atoms with van der Waals surface area (Å²) in [6.45, 7) is 2.11. The molecular formula is C17H23N2O2+. The number of quaternary nitrogens is 1. The van der Waals surface area contributed by atoms with Gasteiger partial charge in [-0.1, -0.05) is 36.4 Å². The first kappa shape index (κ1) is 14.3. The van der Waals surface area contributed by atoms with E-state index in [2.05, 4.69) is 19.2 Å². The summed E-state index contributed by atoms with van der Waals surface area (Å²) in [5, 5.41) is 11.8. The van der Waals surface area contributed by atoms with E-state index in [-0.39, 0.29) is 16.9 Å². The van der Waals surface area contributed by atoms with Crippen LogP contribution in [0.25, 0.3) is 0 Å². The molecule has 1 heterocycles. The molecule has 21 heavy (non-hydrogen) atoms. The molecule has 1 aliphatic heterocycles. The molecule has 0 amide bonds. The van der Waals surface area contributed by atoms with Gasteiger partial charge in [0.15, 0.2) is 6.04 Å². The monoisotopic (exact) mass is 287 g/mol. The number of benzene rings is 1. The molecule has 0 spiro atoms. The van der Waals surface area contributed by atoms with E-state index in [1.165, 1.54) is 12.8 Å². The van der Waals surface area contributed by atoms with Gasteiger partial charge in [0.25, 0.3) is 6.04 Å². The fourth-order valence-corrected chi connectivity index (χ4v) is 4.09. The molecule has 2 aliphatic rings. The van der Waals surface area contributed by atoms with Gasteiger partial charge in [-0.15, -0.1) is 0 Å². The molecule has 1 aromatic carbocycles. The number of likely N-dealkylation sites (N-methyl/N-ethyl adjacent to an activating group) is 1. The molecule has 1 aromatic rings. The topological polar surface area (TPSA) is 43.1 Å². The van der Waals surface area contributed by atoms with Crippen LogP contribution in [-0.2, 0) is 0 Å². The zero-order valence-electron chi connectivity index (χ0n) is 12.5. The van der Waals surface area contributed by atoms with Crippen molar-refractivity contribution in [2.24, 2.45) is 0 Å². The number of hydrogen-bond donors (Lipinski definition) is 0. The molecule has 0 radical (unpaired) electrons. The average Bonchev–Trinajstić information content (AvgIpc) is 2.95. The zero-order valence-corrected chi connectivity index (χ0v) is 12.5. The van der Waals surface area contributed by atoms with E-state index >= 15 is 0 Å². The van der Waals surface area contributed by atoms with Gasteiger partial charge in [0, 0.05) is 17.8 Å². The van der Waals surface area contributed by atoms with E-state index in [9.17, 15) is 10.1 Å². The Morgan fingerprint density at radius 3 is 2.48 bits per heavy atom. The van der Waals surface area contributed by atoms with E-state index in [0.717, 1.165) is 29.6 Å². The molecule has 112 valence electrons. The predicted octanol–water partition coefficient (Wildman–Crippen LogP) is 2.98. The largest absolute Gasteiger partial charge is 0.315 e. The molecule has 4 heteroatoms. The lowest BCUT2D eigenvalue weighted by atomic mass is 9.80. The van der Waals surface area contributed by atoms with Crippen molar-refractivity contribution in [2.45, 2.75) is 37.3 Å². The van der Waals surface area contributed by atoms with Crippen LogP contribution in [0.5, 0.6) is 0 Å². The van der Waals surface area contributed by atoms with Gasteiger partial charge in [-0.3, -0.25) is 10.1 Å². The van der Waals surface area contributed by atoms with E-state index < -0.39 is 6.04 Å². The second-order valence-electron chi connectivity index (χ2n) is 6.58. The summed E-state index contributed by atoms with van der Waals surface area (Å²) >= 11 is 0. The van der Waals surface area contributed by atoms with Crippen molar-refractivity contribution in [3.8, 4) is 0 Å². The number of nitro groups is 1. The lowest BCUT2D eigenvalue weighted by Crippen LogP contribution is -2.58. The molecule has 1 fully saturated rings. The predicted molar refractivity (Wildman–Crippen MR) is 82.7 cm³/mol. The van der Waals surface area contributed by atoms with Gasteiger partial charge >= 0.3 is 0 Å². The first-order chi connectivity index (χ1) is 10.1. The lowest BCUT2D eigenvalue weighted by Gasteiger charge is -2.40. The van der Waals surface area contributed by atoms with Gasteiger partial charge in [0.05, 0.1) is 26.1 Å². The summed E-state index contributed by atoms with van der Waals surface area (Å²) in [6.07, 6.45) is 7.40. The second kappa shape index (κ2) is 5.60. The SMILES string of the molecule is C[N+]1([C@@H]2C=CC[C@H](c3ccccc3)[C@@H]2[N+](=O)[O-])CCCC1. The van der Waals surface area contributed by atoms with E-state index in [4.69, 9.17) is 0 Å². The van der Waals surface area contributed by atoms with Crippen LogP contribution in [-0.4, -0.2) is 41.6 Å². The highest BCUT2D eigenvalue weighted by Crippen LogP contribution is 2.37. The number of rotatable bonds is 3. The molecule has 1 saturated heterocycles. The molecule has 0 bridgehead atoms. The lowest BCUT2D eigenvalue weighted by molar-refractivity contribution is -0.928. The van der Waals surface area contributed by atoms with Crippen molar-refractivity contribution in [1.29, 1.82) is 0 Å². The van der Waals surface area contributed by atoms with Crippen LogP contribution in [0.3, 0.4) is 0 Å². The van der Waals surface area contributed by atoms with E-state index in [0.29, 0.717) is 0 Å². The van der Waals surface area contributed by atoms with Gasteiger partial charge in [0.2, 0.25) is 0 Å². The van der Waals surface area contributed by atoms with E-state index in [1.807, 2.05) is 30.3 Å². The van der Waals surface area contributed by atoms with Crippen molar-refractivity contribution >= 4 is 0 Å². The summed E-state index contributed by atoms with van der Waals surface area (Å²) in [5.41, 5.74) is 1.10. The molecule has 0 unspecified atom stereocenters. The van der Waals surface area contributed by atoms with Gasteiger partial charge in [-0.25, -0.2) is 0 Å².